The number of carbonyl (C=O) groups excluding carboxylic acids is 1. The standard InChI is InChI=1S/C16H18N4O2S/c1-20-9-11(12-5-3-4-6-13(12)20)7-8-14(21)17-16-19-18-15(23-16)10-22-2/h3-6,9H,7-8,10H2,1-2H3,(H,17,19,21). The van der Waals surface area contributed by atoms with Gasteiger partial charge in [0.15, 0.2) is 0 Å². The summed E-state index contributed by atoms with van der Waals surface area (Å²) >= 11 is 1.33. The predicted molar refractivity (Wildman–Crippen MR) is 90.5 cm³/mol. The molecule has 0 aliphatic heterocycles. The third-order valence-corrected chi connectivity index (χ3v) is 4.39. The Balaban J connectivity index is 1.61. The third-order valence-electron chi connectivity index (χ3n) is 3.58. The Morgan fingerprint density at radius 3 is 3.00 bits per heavy atom. The van der Waals surface area contributed by atoms with E-state index < -0.39 is 0 Å². The van der Waals surface area contributed by atoms with Crippen molar-refractivity contribution in [2.45, 2.75) is 19.4 Å². The summed E-state index contributed by atoms with van der Waals surface area (Å²) in [4.78, 5) is 12.1. The number of nitrogens with zero attached hydrogens (tertiary/aromatic N) is 3. The Morgan fingerprint density at radius 2 is 2.17 bits per heavy atom. The Hall–Kier alpha value is -2.25. The number of rotatable bonds is 6. The van der Waals surface area contributed by atoms with Gasteiger partial charge in [-0.3, -0.25) is 4.79 Å². The lowest BCUT2D eigenvalue weighted by Crippen LogP contribution is -2.12. The van der Waals surface area contributed by atoms with Gasteiger partial charge in [0.05, 0.1) is 0 Å². The molecule has 7 heteroatoms. The Kier molecular flexibility index (Phi) is 4.68. The van der Waals surface area contributed by atoms with Crippen molar-refractivity contribution in [2.24, 2.45) is 7.05 Å². The monoisotopic (exact) mass is 330 g/mol. The largest absolute Gasteiger partial charge is 0.377 e. The molecule has 1 aromatic carbocycles. The van der Waals surface area contributed by atoms with Crippen LogP contribution in [0.5, 0.6) is 0 Å². The van der Waals surface area contributed by atoms with Crippen LogP contribution in [-0.4, -0.2) is 27.8 Å². The topological polar surface area (TPSA) is 69.0 Å². The molecule has 2 heterocycles. The van der Waals surface area contributed by atoms with E-state index in [2.05, 4.69) is 38.4 Å². The molecule has 0 aliphatic rings. The summed E-state index contributed by atoms with van der Waals surface area (Å²) in [6.07, 6.45) is 3.18. The van der Waals surface area contributed by atoms with Gasteiger partial charge in [-0.1, -0.05) is 29.5 Å². The number of benzene rings is 1. The highest BCUT2D eigenvalue weighted by molar-refractivity contribution is 7.15. The van der Waals surface area contributed by atoms with Gasteiger partial charge in [-0.05, 0) is 18.1 Å². The number of nitrogens with one attached hydrogen (secondary N) is 1. The molecule has 0 aliphatic carbocycles. The zero-order valence-electron chi connectivity index (χ0n) is 13.1. The normalized spacial score (nSPS) is 11.0. The molecule has 2 aromatic heterocycles. The number of aryl methyl sites for hydroxylation is 2. The van der Waals surface area contributed by atoms with E-state index in [4.69, 9.17) is 4.74 Å². The van der Waals surface area contributed by atoms with Crippen molar-refractivity contribution in [3.63, 3.8) is 0 Å². The molecule has 1 amide bonds. The molecule has 0 bridgehead atoms. The van der Waals surface area contributed by atoms with Crippen molar-refractivity contribution >= 4 is 33.3 Å². The average molecular weight is 330 g/mol. The van der Waals surface area contributed by atoms with Crippen molar-refractivity contribution in [3.8, 4) is 0 Å². The molecule has 23 heavy (non-hydrogen) atoms. The van der Waals surface area contributed by atoms with Crippen LogP contribution in [0.2, 0.25) is 0 Å². The number of aromatic nitrogens is 3. The van der Waals surface area contributed by atoms with Crippen LogP contribution < -0.4 is 5.32 Å². The van der Waals surface area contributed by atoms with Crippen LogP contribution >= 0.6 is 11.3 Å². The van der Waals surface area contributed by atoms with Gasteiger partial charge in [-0.2, -0.15) is 0 Å². The summed E-state index contributed by atoms with van der Waals surface area (Å²) in [5.74, 6) is -0.0574. The lowest BCUT2D eigenvalue weighted by atomic mass is 10.1. The lowest BCUT2D eigenvalue weighted by molar-refractivity contribution is -0.116. The first-order chi connectivity index (χ1) is 11.2. The van der Waals surface area contributed by atoms with E-state index in [1.165, 1.54) is 27.8 Å². The summed E-state index contributed by atoms with van der Waals surface area (Å²) in [5, 5.41) is 13.1. The summed E-state index contributed by atoms with van der Waals surface area (Å²) < 4.78 is 7.08. The molecule has 0 radical (unpaired) electrons. The fraction of sp³-hybridized carbons (Fsp3) is 0.312. The van der Waals surface area contributed by atoms with E-state index in [1.807, 2.05) is 19.2 Å². The van der Waals surface area contributed by atoms with Crippen LogP contribution in [0, 0.1) is 0 Å². The van der Waals surface area contributed by atoms with E-state index >= 15 is 0 Å². The first kappa shape index (κ1) is 15.6. The van der Waals surface area contributed by atoms with Gasteiger partial charge in [0.1, 0.15) is 11.6 Å². The number of amides is 1. The van der Waals surface area contributed by atoms with Crippen molar-refractivity contribution in [1.82, 2.24) is 14.8 Å². The third kappa shape index (κ3) is 3.57. The zero-order chi connectivity index (χ0) is 16.2. The molecular formula is C16H18N4O2S. The van der Waals surface area contributed by atoms with E-state index in [1.54, 1.807) is 7.11 Å². The van der Waals surface area contributed by atoms with Crippen LogP contribution in [0.3, 0.4) is 0 Å². The molecule has 1 N–H and O–H groups in total. The minimum Gasteiger partial charge on any atom is -0.377 e. The first-order valence-corrected chi connectivity index (χ1v) is 8.13. The first-order valence-electron chi connectivity index (χ1n) is 7.31. The molecule has 0 saturated heterocycles. The molecule has 0 atom stereocenters. The molecule has 0 spiro atoms. The summed E-state index contributed by atoms with van der Waals surface area (Å²) in [7, 11) is 3.62. The summed E-state index contributed by atoms with van der Waals surface area (Å²) in [6.45, 7) is 0.406. The van der Waals surface area contributed by atoms with Crippen molar-refractivity contribution in [2.75, 3.05) is 12.4 Å². The van der Waals surface area contributed by atoms with Gasteiger partial charge in [0.25, 0.3) is 0 Å². The van der Waals surface area contributed by atoms with Gasteiger partial charge < -0.3 is 14.6 Å². The number of methoxy groups -OCH3 is 1. The van der Waals surface area contributed by atoms with Gasteiger partial charge in [0.2, 0.25) is 11.0 Å². The van der Waals surface area contributed by atoms with Crippen LogP contribution in [0.4, 0.5) is 5.13 Å². The number of carbonyl (C=O) groups is 1. The highest BCUT2D eigenvalue weighted by atomic mass is 32.1. The zero-order valence-corrected chi connectivity index (χ0v) is 13.9. The van der Waals surface area contributed by atoms with Crippen LogP contribution in [0.1, 0.15) is 17.0 Å². The Labute approximate surface area is 138 Å². The second-order valence-electron chi connectivity index (χ2n) is 5.26. The van der Waals surface area contributed by atoms with Gasteiger partial charge in [0, 0.05) is 37.7 Å². The van der Waals surface area contributed by atoms with E-state index in [-0.39, 0.29) is 5.91 Å². The highest BCUT2D eigenvalue weighted by Gasteiger charge is 2.11. The number of para-hydroxylation sites is 1. The molecule has 3 rings (SSSR count). The van der Waals surface area contributed by atoms with Crippen molar-refractivity contribution in [1.29, 1.82) is 0 Å². The second-order valence-corrected chi connectivity index (χ2v) is 6.33. The van der Waals surface area contributed by atoms with E-state index in [9.17, 15) is 4.79 Å². The number of fused-ring (bicyclic) bond motifs is 1. The van der Waals surface area contributed by atoms with Crippen LogP contribution in [-0.2, 0) is 29.6 Å². The number of hydrogen-bond acceptors (Lipinski definition) is 5. The summed E-state index contributed by atoms with van der Waals surface area (Å²) in [6, 6.07) is 8.21. The maximum absolute atomic E-state index is 12.1. The minimum absolute atomic E-state index is 0.0574. The molecule has 0 fully saturated rings. The lowest BCUT2D eigenvalue weighted by Gasteiger charge is -2.01. The molecule has 0 saturated carbocycles. The number of ether oxygens (including phenoxy) is 1. The number of hydrogen-bond donors (Lipinski definition) is 1. The molecule has 3 aromatic rings. The van der Waals surface area contributed by atoms with Gasteiger partial charge >= 0.3 is 0 Å². The maximum Gasteiger partial charge on any atom is 0.226 e. The SMILES string of the molecule is COCc1nnc(NC(=O)CCc2cn(C)c3ccccc23)s1. The quantitative estimate of drug-likeness (QED) is 0.754. The van der Waals surface area contributed by atoms with Crippen LogP contribution in [0.15, 0.2) is 30.5 Å². The van der Waals surface area contributed by atoms with E-state index in [0.29, 0.717) is 24.6 Å². The van der Waals surface area contributed by atoms with Gasteiger partial charge in [-0.25, -0.2) is 0 Å². The smallest absolute Gasteiger partial charge is 0.226 e. The maximum atomic E-state index is 12.1. The second kappa shape index (κ2) is 6.89. The summed E-state index contributed by atoms with van der Waals surface area (Å²) in [5.41, 5.74) is 2.35. The highest BCUT2D eigenvalue weighted by Crippen LogP contribution is 2.22. The predicted octanol–water partition coefficient (Wildman–Crippen LogP) is 2.75. The average Bonchev–Trinajstić information content (AvgIpc) is 3.11. The Morgan fingerprint density at radius 1 is 1.35 bits per heavy atom. The van der Waals surface area contributed by atoms with Crippen molar-refractivity contribution in [3.05, 3.63) is 41.0 Å². The van der Waals surface area contributed by atoms with E-state index in [0.717, 1.165) is 5.01 Å². The van der Waals surface area contributed by atoms with Gasteiger partial charge in [-0.15, -0.1) is 10.2 Å². The minimum atomic E-state index is -0.0574. The molecule has 6 nitrogen and oxygen atoms in total. The fourth-order valence-corrected chi connectivity index (χ4v) is 3.27. The fourth-order valence-electron chi connectivity index (χ4n) is 2.54. The molecule has 0 unspecified atom stereocenters. The number of anilines is 1. The van der Waals surface area contributed by atoms with Crippen LogP contribution in [0.25, 0.3) is 10.9 Å². The Bertz CT molecular complexity index is 824. The molecule has 120 valence electrons. The van der Waals surface area contributed by atoms with Crippen molar-refractivity contribution < 1.29 is 9.53 Å². The molecular weight excluding hydrogens is 312 g/mol.